The molecule has 0 amide bonds. The van der Waals surface area contributed by atoms with Crippen LogP contribution in [0, 0.1) is 0 Å². The van der Waals surface area contributed by atoms with Crippen molar-refractivity contribution < 1.29 is 22.8 Å². The maximum Gasteiger partial charge on any atom is 0.543 e. The van der Waals surface area contributed by atoms with Crippen LogP contribution in [0.4, 0.5) is 0 Å². The number of carbonyl (C=O) groups excluding carboxylic acids is 1. The lowest BCUT2D eigenvalue weighted by Crippen LogP contribution is -2.57. The standard InChI is InChI=1S/C19H40O5Si/c1-6-9-12-15-21-25(19(5)24-18(4)20,22-16-13-10-7-2)23-17-14-11-8-3/h19H,6-17H2,1-5H3. The second-order valence-electron chi connectivity index (χ2n) is 6.52. The van der Waals surface area contributed by atoms with Gasteiger partial charge in [-0.3, -0.25) is 4.79 Å². The van der Waals surface area contributed by atoms with Crippen LogP contribution in [-0.4, -0.2) is 40.3 Å². The number of ether oxygens (including phenoxy) is 1. The Balaban J connectivity index is 4.95. The quantitative estimate of drug-likeness (QED) is 0.202. The summed E-state index contributed by atoms with van der Waals surface area (Å²) in [5, 5.41) is 0. The lowest BCUT2D eigenvalue weighted by Gasteiger charge is -2.33. The fraction of sp³-hybridized carbons (Fsp3) is 0.947. The smallest absolute Gasteiger partial charge is 0.458 e. The Labute approximate surface area is 156 Å². The van der Waals surface area contributed by atoms with Crippen molar-refractivity contribution in [3.05, 3.63) is 0 Å². The van der Waals surface area contributed by atoms with E-state index >= 15 is 0 Å². The third-order valence-corrected chi connectivity index (χ3v) is 6.93. The van der Waals surface area contributed by atoms with E-state index in [9.17, 15) is 4.79 Å². The van der Waals surface area contributed by atoms with Crippen LogP contribution in [0.5, 0.6) is 0 Å². The molecular weight excluding hydrogens is 336 g/mol. The summed E-state index contributed by atoms with van der Waals surface area (Å²) >= 11 is 0. The molecule has 0 radical (unpaired) electrons. The van der Waals surface area contributed by atoms with Gasteiger partial charge in [0.25, 0.3) is 0 Å². The van der Waals surface area contributed by atoms with E-state index < -0.39 is 14.5 Å². The molecule has 0 aromatic carbocycles. The molecule has 1 atom stereocenters. The topological polar surface area (TPSA) is 54.0 Å². The van der Waals surface area contributed by atoms with Gasteiger partial charge in [-0.2, -0.15) is 0 Å². The van der Waals surface area contributed by atoms with Gasteiger partial charge >= 0.3 is 14.8 Å². The molecule has 0 saturated heterocycles. The van der Waals surface area contributed by atoms with E-state index in [1.165, 1.54) is 6.92 Å². The molecule has 0 N–H and O–H groups in total. The first-order valence-corrected chi connectivity index (χ1v) is 11.9. The third kappa shape index (κ3) is 11.7. The normalized spacial score (nSPS) is 13.0. The maximum absolute atomic E-state index is 11.5. The SMILES string of the molecule is CCCCCO[Si](OCCCCC)(OCCCCC)C(C)OC(C)=O. The minimum atomic E-state index is -3.05. The Bertz CT molecular complexity index is 294. The summed E-state index contributed by atoms with van der Waals surface area (Å²) in [5.41, 5.74) is -0.477. The second kappa shape index (κ2) is 15.8. The summed E-state index contributed by atoms with van der Waals surface area (Å²) in [6.07, 6.45) is 9.62. The highest BCUT2D eigenvalue weighted by atomic mass is 28.4. The number of hydrogen-bond acceptors (Lipinski definition) is 5. The van der Waals surface area contributed by atoms with E-state index in [1.54, 1.807) is 0 Å². The summed E-state index contributed by atoms with van der Waals surface area (Å²) < 4.78 is 24.0. The molecular formula is C19H40O5Si. The largest absolute Gasteiger partial charge is 0.543 e. The van der Waals surface area contributed by atoms with Gasteiger partial charge in [0, 0.05) is 26.7 Å². The summed E-state index contributed by atoms with van der Waals surface area (Å²) in [5.74, 6) is -0.323. The predicted octanol–water partition coefficient (Wildman–Crippen LogP) is 5.04. The van der Waals surface area contributed by atoms with Gasteiger partial charge in [0.15, 0.2) is 5.73 Å². The van der Waals surface area contributed by atoms with Gasteiger partial charge in [0.2, 0.25) is 0 Å². The first-order valence-electron chi connectivity index (χ1n) is 10.1. The first kappa shape index (κ1) is 24.6. The van der Waals surface area contributed by atoms with Crippen molar-refractivity contribution in [2.24, 2.45) is 0 Å². The maximum atomic E-state index is 11.5. The monoisotopic (exact) mass is 376 g/mol. The highest BCUT2D eigenvalue weighted by Crippen LogP contribution is 2.20. The molecule has 0 rings (SSSR count). The minimum Gasteiger partial charge on any atom is -0.458 e. The van der Waals surface area contributed by atoms with Crippen LogP contribution in [0.1, 0.15) is 92.4 Å². The summed E-state index contributed by atoms with van der Waals surface area (Å²) in [4.78, 5) is 11.5. The zero-order valence-corrected chi connectivity index (χ0v) is 18.1. The Morgan fingerprint density at radius 1 is 0.760 bits per heavy atom. The van der Waals surface area contributed by atoms with Crippen molar-refractivity contribution in [2.75, 3.05) is 19.8 Å². The fourth-order valence-corrected chi connectivity index (χ4v) is 5.05. The molecule has 6 heteroatoms. The Kier molecular flexibility index (Phi) is 15.5. The van der Waals surface area contributed by atoms with Crippen LogP contribution >= 0.6 is 0 Å². The molecule has 0 bridgehead atoms. The third-order valence-electron chi connectivity index (χ3n) is 3.99. The van der Waals surface area contributed by atoms with E-state index in [4.69, 9.17) is 18.0 Å². The molecule has 0 aliphatic rings. The minimum absolute atomic E-state index is 0.323. The van der Waals surface area contributed by atoms with Crippen LogP contribution < -0.4 is 0 Å². The van der Waals surface area contributed by atoms with E-state index in [2.05, 4.69) is 20.8 Å². The predicted molar refractivity (Wildman–Crippen MR) is 103 cm³/mol. The van der Waals surface area contributed by atoms with E-state index in [0.29, 0.717) is 19.8 Å². The van der Waals surface area contributed by atoms with Gasteiger partial charge in [0.05, 0.1) is 0 Å². The lowest BCUT2D eigenvalue weighted by atomic mass is 10.3. The molecule has 0 aliphatic heterocycles. The first-order chi connectivity index (χ1) is 12.0. The Morgan fingerprint density at radius 3 is 1.40 bits per heavy atom. The van der Waals surface area contributed by atoms with Crippen molar-refractivity contribution in [1.29, 1.82) is 0 Å². The van der Waals surface area contributed by atoms with Gasteiger partial charge in [-0.25, -0.2) is 0 Å². The highest BCUT2D eigenvalue weighted by Gasteiger charge is 2.50. The van der Waals surface area contributed by atoms with E-state index in [-0.39, 0.29) is 5.97 Å². The molecule has 5 nitrogen and oxygen atoms in total. The molecule has 0 heterocycles. The average Bonchev–Trinajstić information content (AvgIpc) is 2.58. The van der Waals surface area contributed by atoms with Crippen LogP contribution in [0.15, 0.2) is 0 Å². The molecule has 0 aromatic heterocycles. The van der Waals surface area contributed by atoms with Crippen molar-refractivity contribution >= 4 is 14.8 Å². The number of hydrogen-bond donors (Lipinski definition) is 0. The molecule has 1 unspecified atom stereocenters. The summed E-state index contributed by atoms with van der Waals surface area (Å²) in [7, 11) is -3.05. The van der Waals surface area contributed by atoms with Crippen LogP contribution in [0.2, 0.25) is 0 Å². The molecule has 0 fully saturated rings. The summed E-state index contributed by atoms with van der Waals surface area (Å²) in [6.45, 7) is 11.5. The number of carbonyl (C=O) groups is 1. The zero-order valence-electron chi connectivity index (χ0n) is 17.1. The van der Waals surface area contributed by atoms with Crippen LogP contribution in [-0.2, 0) is 22.8 Å². The number of esters is 1. The van der Waals surface area contributed by atoms with E-state index in [0.717, 1.165) is 57.8 Å². The second-order valence-corrected chi connectivity index (χ2v) is 9.41. The number of unbranched alkanes of at least 4 members (excludes halogenated alkanes) is 6. The number of rotatable bonds is 17. The van der Waals surface area contributed by atoms with Gasteiger partial charge in [-0.1, -0.05) is 59.3 Å². The Morgan fingerprint density at radius 2 is 1.12 bits per heavy atom. The van der Waals surface area contributed by atoms with Gasteiger partial charge in [-0.15, -0.1) is 0 Å². The molecule has 150 valence electrons. The van der Waals surface area contributed by atoms with Gasteiger partial charge in [0.1, 0.15) is 0 Å². The highest BCUT2D eigenvalue weighted by molar-refractivity contribution is 6.62. The van der Waals surface area contributed by atoms with E-state index in [1.807, 2.05) is 6.92 Å². The molecule has 25 heavy (non-hydrogen) atoms. The average molecular weight is 377 g/mol. The van der Waals surface area contributed by atoms with Crippen molar-refractivity contribution in [3.63, 3.8) is 0 Å². The molecule has 0 aromatic rings. The van der Waals surface area contributed by atoms with Crippen molar-refractivity contribution in [3.8, 4) is 0 Å². The van der Waals surface area contributed by atoms with Crippen molar-refractivity contribution in [1.82, 2.24) is 0 Å². The lowest BCUT2D eigenvalue weighted by molar-refractivity contribution is -0.145. The van der Waals surface area contributed by atoms with Crippen LogP contribution in [0.25, 0.3) is 0 Å². The molecule has 0 spiro atoms. The Hall–Kier alpha value is -0.433. The zero-order chi connectivity index (χ0) is 19.0. The van der Waals surface area contributed by atoms with Crippen LogP contribution in [0.3, 0.4) is 0 Å². The van der Waals surface area contributed by atoms with Gasteiger partial charge in [-0.05, 0) is 26.2 Å². The van der Waals surface area contributed by atoms with Crippen molar-refractivity contribution in [2.45, 2.75) is 98.1 Å². The van der Waals surface area contributed by atoms with Gasteiger partial charge < -0.3 is 18.0 Å². The molecule has 0 aliphatic carbocycles. The fourth-order valence-electron chi connectivity index (χ4n) is 2.50. The molecule has 0 saturated carbocycles. The summed E-state index contributed by atoms with van der Waals surface area (Å²) in [6, 6.07) is 0.